The summed E-state index contributed by atoms with van der Waals surface area (Å²) in [6.45, 7) is 4.49. The second kappa shape index (κ2) is 6.93. The summed E-state index contributed by atoms with van der Waals surface area (Å²) in [7, 11) is -3.69. The average Bonchev–Trinajstić information content (AvgIpc) is 2.91. The van der Waals surface area contributed by atoms with E-state index in [1.54, 1.807) is 12.1 Å². The van der Waals surface area contributed by atoms with Crippen molar-refractivity contribution in [2.75, 3.05) is 5.75 Å². The highest BCUT2D eigenvalue weighted by Crippen LogP contribution is 2.17. The molecule has 0 atom stereocenters. The first-order valence-electron chi connectivity index (χ1n) is 7.86. The molecule has 130 valence electrons. The van der Waals surface area contributed by atoms with Crippen molar-refractivity contribution in [3.63, 3.8) is 0 Å². The van der Waals surface area contributed by atoms with Gasteiger partial charge in [-0.15, -0.1) is 0 Å². The van der Waals surface area contributed by atoms with Gasteiger partial charge in [-0.05, 0) is 38.1 Å². The van der Waals surface area contributed by atoms with Crippen molar-refractivity contribution in [3.05, 3.63) is 58.9 Å². The summed E-state index contributed by atoms with van der Waals surface area (Å²) in [5.41, 5.74) is 1.95. The minimum absolute atomic E-state index is 0.140. The molecule has 0 saturated heterocycles. The highest BCUT2D eigenvalue weighted by molar-refractivity contribution is 7.92. The number of amides is 1. The van der Waals surface area contributed by atoms with Crippen LogP contribution in [-0.2, 0) is 21.2 Å². The van der Waals surface area contributed by atoms with Crippen LogP contribution >= 0.6 is 11.3 Å². The SMILES string of the molecule is CCn1c(=NC(=O)CS(=O)(=O)c2ccc(C)cc2)sc2ccccc21. The van der Waals surface area contributed by atoms with E-state index in [2.05, 4.69) is 4.99 Å². The van der Waals surface area contributed by atoms with Gasteiger partial charge in [-0.2, -0.15) is 4.99 Å². The molecule has 0 aliphatic heterocycles. The van der Waals surface area contributed by atoms with Crippen molar-refractivity contribution >= 4 is 37.3 Å². The second-order valence-corrected chi connectivity index (χ2v) is 8.67. The fourth-order valence-corrected chi connectivity index (χ4v) is 4.76. The summed E-state index contributed by atoms with van der Waals surface area (Å²) in [4.78, 5) is 17.0. The van der Waals surface area contributed by atoms with Crippen molar-refractivity contribution in [2.24, 2.45) is 4.99 Å². The summed E-state index contributed by atoms with van der Waals surface area (Å²) < 4.78 is 27.7. The quantitative estimate of drug-likeness (QED) is 0.705. The van der Waals surface area contributed by atoms with Crippen molar-refractivity contribution in [1.29, 1.82) is 0 Å². The molecule has 0 radical (unpaired) electrons. The number of rotatable bonds is 4. The fourth-order valence-electron chi connectivity index (χ4n) is 2.54. The molecule has 1 heterocycles. The Morgan fingerprint density at radius 3 is 2.48 bits per heavy atom. The van der Waals surface area contributed by atoms with E-state index in [9.17, 15) is 13.2 Å². The summed E-state index contributed by atoms with van der Waals surface area (Å²) in [6.07, 6.45) is 0. The smallest absolute Gasteiger partial charge is 0.263 e. The van der Waals surface area contributed by atoms with Gasteiger partial charge in [0.2, 0.25) is 0 Å². The summed E-state index contributed by atoms with van der Waals surface area (Å²) in [5, 5.41) is 0. The van der Waals surface area contributed by atoms with Crippen LogP contribution in [-0.4, -0.2) is 24.6 Å². The lowest BCUT2D eigenvalue weighted by Crippen LogP contribution is -2.20. The summed E-state index contributed by atoms with van der Waals surface area (Å²) >= 11 is 1.38. The standard InChI is InChI=1S/C18H18N2O3S2/c1-3-20-15-6-4-5-7-16(15)24-18(20)19-17(21)12-25(22,23)14-10-8-13(2)9-11-14/h4-11H,3,12H2,1-2H3. The Kier molecular flexibility index (Phi) is 4.87. The zero-order chi connectivity index (χ0) is 18.0. The Balaban J connectivity index is 1.94. The minimum atomic E-state index is -3.69. The van der Waals surface area contributed by atoms with Crippen LogP contribution in [0.25, 0.3) is 10.2 Å². The Morgan fingerprint density at radius 1 is 1.12 bits per heavy atom. The lowest BCUT2D eigenvalue weighted by Gasteiger charge is -2.02. The Morgan fingerprint density at radius 2 is 1.80 bits per heavy atom. The van der Waals surface area contributed by atoms with Crippen LogP contribution < -0.4 is 4.80 Å². The van der Waals surface area contributed by atoms with Crippen LogP contribution in [0.15, 0.2) is 58.4 Å². The van der Waals surface area contributed by atoms with Gasteiger partial charge in [0, 0.05) is 6.54 Å². The van der Waals surface area contributed by atoms with Gasteiger partial charge in [-0.1, -0.05) is 41.2 Å². The zero-order valence-electron chi connectivity index (χ0n) is 14.0. The van der Waals surface area contributed by atoms with Gasteiger partial charge in [0.15, 0.2) is 14.6 Å². The molecular weight excluding hydrogens is 356 g/mol. The van der Waals surface area contributed by atoms with Gasteiger partial charge in [0.1, 0.15) is 5.75 Å². The first-order valence-corrected chi connectivity index (χ1v) is 10.3. The van der Waals surface area contributed by atoms with Crippen LogP contribution in [0.5, 0.6) is 0 Å². The monoisotopic (exact) mass is 374 g/mol. The molecule has 2 aromatic carbocycles. The predicted molar refractivity (Wildman–Crippen MR) is 99.3 cm³/mol. The Hall–Kier alpha value is -2.25. The first kappa shape index (κ1) is 17.6. The maximum Gasteiger partial charge on any atom is 0.263 e. The van der Waals surface area contributed by atoms with E-state index in [4.69, 9.17) is 0 Å². The van der Waals surface area contributed by atoms with Crippen molar-refractivity contribution < 1.29 is 13.2 Å². The highest BCUT2D eigenvalue weighted by atomic mass is 32.2. The van der Waals surface area contributed by atoms with E-state index in [0.29, 0.717) is 11.3 Å². The number of carbonyl (C=O) groups is 1. The zero-order valence-corrected chi connectivity index (χ0v) is 15.6. The van der Waals surface area contributed by atoms with Gasteiger partial charge in [-0.25, -0.2) is 8.42 Å². The fraction of sp³-hybridized carbons (Fsp3) is 0.222. The number of benzene rings is 2. The van der Waals surface area contributed by atoms with Crippen LogP contribution in [0.1, 0.15) is 12.5 Å². The number of fused-ring (bicyclic) bond motifs is 1. The maximum absolute atomic E-state index is 12.4. The molecule has 1 aromatic heterocycles. The minimum Gasteiger partial charge on any atom is -0.317 e. The number of carbonyl (C=O) groups excluding carboxylic acids is 1. The molecule has 5 nitrogen and oxygen atoms in total. The van der Waals surface area contributed by atoms with Gasteiger partial charge in [-0.3, -0.25) is 4.79 Å². The normalized spacial score (nSPS) is 12.6. The average molecular weight is 374 g/mol. The number of hydrogen-bond donors (Lipinski definition) is 0. The van der Waals surface area contributed by atoms with Crippen molar-refractivity contribution in [2.45, 2.75) is 25.3 Å². The van der Waals surface area contributed by atoms with Crippen molar-refractivity contribution in [3.8, 4) is 0 Å². The second-order valence-electron chi connectivity index (χ2n) is 5.67. The third-order valence-electron chi connectivity index (χ3n) is 3.82. The van der Waals surface area contributed by atoms with Crippen molar-refractivity contribution in [1.82, 2.24) is 4.57 Å². The van der Waals surface area contributed by atoms with Crippen LogP contribution in [0.4, 0.5) is 0 Å². The first-order chi connectivity index (χ1) is 11.9. The molecule has 0 aliphatic carbocycles. The molecule has 3 rings (SSSR count). The Bertz CT molecular complexity index is 1090. The van der Waals surface area contributed by atoms with E-state index in [-0.39, 0.29) is 4.90 Å². The molecule has 0 unspecified atom stereocenters. The number of nitrogens with zero attached hydrogens (tertiary/aromatic N) is 2. The molecule has 25 heavy (non-hydrogen) atoms. The lowest BCUT2D eigenvalue weighted by molar-refractivity contribution is -0.115. The maximum atomic E-state index is 12.4. The lowest BCUT2D eigenvalue weighted by atomic mass is 10.2. The predicted octanol–water partition coefficient (Wildman–Crippen LogP) is 2.93. The van der Waals surface area contributed by atoms with E-state index >= 15 is 0 Å². The third-order valence-corrected chi connectivity index (χ3v) is 6.50. The molecule has 0 bridgehead atoms. The van der Waals surface area contributed by atoms with E-state index < -0.39 is 21.5 Å². The largest absolute Gasteiger partial charge is 0.317 e. The van der Waals surface area contributed by atoms with Crippen LogP contribution in [0.3, 0.4) is 0 Å². The molecule has 7 heteroatoms. The number of thiazole rings is 1. The summed E-state index contributed by atoms with van der Waals surface area (Å²) in [5.74, 6) is -1.29. The van der Waals surface area contributed by atoms with Gasteiger partial charge in [0.25, 0.3) is 5.91 Å². The van der Waals surface area contributed by atoms with E-state index in [1.165, 1.54) is 23.5 Å². The molecule has 3 aromatic rings. The van der Waals surface area contributed by atoms with Gasteiger partial charge < -0.3 is 4.57 Å². The molecular formula is C18H18N2O3S2. The van der Waals surface area contributed by atoms with Gasteiger partial charge >= 0.3 is 0 Å². The number of aromatic nitrogens is 1. The summed E-state index contributed by atoms with van der Waals surface area (Å²) in [6, 6.07) is 14.2. The highest BCUT2D eigenvalue weighted by Gasteiger charge is 2.19. The number of para-hydroxylation sites is 1. The number of aryl methyl sites for hydroxylation is 2. The third kappa shape index (κ3) is 3.72. The molecule has 0 N–H and O–H groups in total. The van der Waals surface area contributed by atoms with Crippen LogP contribution in [0, 0.1) is 6.92 Å². The molecule has 0 aliphatic rings. The van der Waals surface area contributed by atoms with E-state index in [1.807, 2.05) is 42.7 Å². The topological polar surface area (TPSA) is 68.5 Å². The number of hydrogen-bond acceptors (Lipinski definition) is 4. The Labute approximate surface area is 150 Å². The van der Waals surface area contributed by atoms with E-state index in [0.717, 1.165) is 15.8 Å². The molecule has 1 amide bonds. The molecule has 0 saturated carbocycles. The van der Waals surface area contributed by atoms with Gasteiger partial charge in [0.05, 0.1) is 15.1 Å². The molecule has 0 spiro atoms. The number of sulfone groups is 1. The molecule has 0 fully saturated rings. The van der Waals surface area contributed by atoms with Crippen LogP contribution in [0.2, 0.25) is 0 Å².